The number of hydrogen-bond acceptors (Lipinski definition) is 4. The minimum Gasteiger partial charge on any atom is -0.459 e. The quantitative estimate of drug-likeness (QED) is 0.658. The van der Waals surface area contributed by atoms with E-state index in [0.29, 0.717) is 0 Å². The molecule has 0 spiro atoms. The van der Waals surface area contributed by atoms with Crippen LogP contribution in [0, 0.1) is 0 Å². The highest BCUT2D eigenvalue weighted by molar-refractivity contribution is 5.85. The summed E-state index contributed by atoms with van der Waals surface area (Å²) in [7, 11) is 0. The average molecular weight is 225 g/mol. The first-order valence-electron chi connectivity index (χ1n) is 3.99. The number of halogens is 1. The van der Waals surface area contributed by atoms with E-state index in [4.69, 9.17) is 16.2 Å². The maximum Gasteiger partial charge on any atom is 0.323 e. The molecule has 1 unspecified atom stereocenters. The van der Waals surface area contributed by atoms with E-state index < -0.39 is 23.5 Å². The van der Waals surface area contributed by atoms with E-state index in [1.54, 1.807) is 20.8 Å². The van der Waals surface area contributed by atoms with Crippen LogP contribution in [-0.4, -0.2) is 23.5 Å². The van der Waals surface area contributed by atoms with Gasteiger partial charge in [0.15, 0.2) is 0 Å². The zero-order valence-corrected chi connectivity index (χ0v) is 9.39. The minimum atomic E-state index is -0.961. The number of carbonyl (C=O) groups is 2. The number of primary amides is 1. The highest BCUT2D eigenvalue weighted by atomic mass is 35.5. The van der Waals surface area contributed by atoms with Crippen molar-refractivity contribution in [3.8, 4) is 0 Å². The SMILES string of the molecule is CC(C)(C)OC(=O)C(N)CC(N)=O.Cl. The zero-order valence-electron chi connectivity index (χ0n) is 8.57. The molecule has 0 heterocycles. The molecule has 0 aromatic heterocycles. The van der Waals surface area contributed by atoms with Crippen molar-refractivity contribution >= 4 is 24.3 Å². The summed E-state index contributed by atoms with van der Waals surface area (Å²) in [5.74, 6) is -1.22. The maximum absolute atomic E-state index is 11.1. The summed E-state index contributed by atoms with van der Waals surface area (Å²) in [6.45, 7) is 5.17. The standard InChI is InChI=1S/C8H16N2O3.ClH/c1-8(2,3)13-7(12)5(9)4-6(10)11;/h5H,4,9H2,1-3H3,(H2,10,11);1H. The second kappa shape index (κ2) is 5.82. The first-order chi connectivity index (χ1) is 5.72. The summed E-state index contributed by atoms with van der Waals surface area (Å²) in [6.07, 6.45) is -0.186. The minimum absolute atomic E-state index is 0. The van der Waals surface area contributed by atoms with Gasteiger partial charge in [0.25, 0.3) is 0 Å². The predicted octanol–water partition coefficient (Wildman–Crippen LogP) is -0.0474. The fourth-order valence-electron chi connectivity index (χ4n) is 0.678. The van der Waals surface area contributed by atoms with Crippen LogP contribution in [0.5, 0.6) is 0 Å². The van der Waals surface area contributed by atoms with Gasteiger partial charge >= 0.3 is 5.97 Å². The summed E-state index contributed by atoms with van der Waals surface area (Å²) in [6, 6.07) is -0.961. The van der Waals surface area contributed by atoms with Gasteiger partial charge in [0, 0.05) is 0 Å². The Kier molecular flexibility index (Phi) is 6.51. The van der Waals surface area contributed by atoms with Crippen molar-refractivity contribution in [2.45, 2.75) is 38.8 Å². The third-order valence-electron chi connectivity index (χ3n) is 1.13. The lowest BCUT2D eigenvalue weighted by Crippen LogP contribution is -2.40. The lowest BCUT2D eigenvalue weighted by atomic mass is 10.1. The Morgan fingerprint density at radius 1 is 1.36 bits per heavy atom. The van der Waals surface area contributed by atoms with Crippen LogP contribution in [0.15, 0.2) is 0 Å². The molecule has 0 fully saturated rings. The molecule has 84 valence electrons. The molecule has 0 rings (SSSR count). The number of esters is 1. The van der Waals surface area contributed by atoms with Gasteiger partial charge in [-0.15, -0.1) is 12.4 Å². The maximum atomic E-state index is 11.1. The fraction of sp³-hybridized carbons (Fsp3) is 0.750. The third kappa shape index (κ3) is 7.82. The third-order valence-corrected chi connectivity index (χ3v) is 1.13. The van der Waals surface area contributed by atoms with Crippen molar-refractivity contribution in [3.63, 3.8) is 0 Å². The summed E-state index contributed by atoms with van der Waals surface area (Å²) >= 11 is 0. The lowest BCUT2D eigenvalue weighted by molar-refractivity contribution is -0.157. The van der Waals surface area contributed by atoms with Gasteiger partial charge in [0.1, 0.15) is 11.6 Å². The average Bonchev–Trinajstić information content (AvgIpc) is 1.81. The number of rotatable bonds is 3. The smallest absolute Gasteiger partial charge is 0.323 e. The highest BCUT2D eigenvalue weighted by Crippen LogP contribution is 2.08. The van der Waals surface area contributed by atoms with Crippen LogP contribution >= 0.6 is 12.4 Å². The lowest BCUT2D eigenvalue weighted by Gasteiger charge is -2.21. The van der Waals surface area contributed by atoms with E-state index in [-0.39, 0.29) is 18.8 Å². The topological polar surface area (TPSA) is 95.4 Å². The number of amides is 1. The van der Waals surface area contributed by atoms with Crippen molar-refractivity contribution in [3.05, 3.63) is 0 Å². The second-order valence-corrected chi connectivity index (χ2v) is 3.81. The van der Waals surface area contributed by atoms with Crippen molar-refractivity contribution in [2.75, 3.05) is 0 Å². The molecule has 0 saturated carbocycles. The molecule has 1 amide bonds. The normalized spacial score (nSPS) is 12.6. The van der Waals surface area contributed by atoms with Crippen molar-refractivity contribution in [2.24, 2.45) is 11.5 Å². The van der Waals surface area contributed by atoms with Gasteiger partial charge in [-0.05, 0) is 20.8 Å². The number of hydrogen-bond donors (Lipinski definition) is 2. The van der Waals surface area contributed by atoms with Gasteiger partial charge in [0.2, 0.25) is 5.91 Å². The van der Waals surface area contributed by atoms with Crippen LogP contribution in [0.2, 0.25) is 0 Å². The van der Waals surface area contributed by atoms with E-state index in [1.165, 1.54) is 0 Å². The molecule has 0 aromatic carbocycles. The zero-order chi connectivity index (χ0) is 10.6. The summed E-state index contributed by atoms with van der Waals surface area (Å²) < 4.78 is 4.93. The van der Waals surface area contributed by atoms with E-state index in [1.807, 2.05) is 0 Å². The first-order valence-corrected chi connectivity index (χ1v) is 3.99. The van der Waals surface area contributed by atoms with Gasteiger partial charge < -0.3 is 16.2 Å². The molecule has 0 aliphatic carbocycles. The van der Waals surface area contributed by atoms with E-state index >= 15 is 0 Å². The molecule has 5 nitrogen and oxygen atoms in total. The van der Waals surface area contributed by atoms with Gasteiger partial charge in [-0.2, -0.15) is 0 Å². The van der Waals surface area contributed by atoms with Gasteiger partial charge in [-0.3, -0.25) is 9.59 Å². The molecule has 0 bridgehead atoms. The number of nitrogens with two attached hydrogens (primary N) is 2. The molecule has 0 aliphatic heterocycles. The predicted molar refractivity (Wildman–Crippen MR) is 54.9 cm³/mol. The Hall–Kier alpha value is -0.810. The van der Waals surface area contributed by atoms with Gasteiger partial charge in [-0.1, -0.05) is 0 Å². The monoisotopic (exact) mass is 224 g/mol. The summed E-state index contributed by atoms with van der Waals surface area (Å²) in [5, 5.41) is 0. The molecule has 1 atom stereocenters. The largest absolute Gasteiger partial charge is 0.459 e. The highest BCUT2D eigenvalue weighted by Gasteiger charge is 2.23. The molecule has 4 N–H and O–H groups in total. The van der Waals surface area contributed by atoms with Crippen LogP contribution < -0.4 is 11.5 Å². The van der Waals surface area contributed by atoms with E-state index in [2.05, 4.69) is 0 Å². The molecule has 0 saturated heterocycles. The van der Waals surface area contributed by atoms with Crippen LogP contribution in [0.3, 0.4) is 0 Å². The Bertz CT molecular complexity index is 213. The van der Waals surface area contributed by atoms with E-state index in [0.717, 1.165) is 0 Å². The summed E-state index contributed by atoms with van der Waals surface area (Å²) in [5.41, 5.74) is 9.63. The molecule has 0 aliphatic rings. The molecular weight excluding hydrogens is 208 g/mol. The van der Waals surface area contributed by atoms with Gasteiger partial charge in [0.05, 0.1) is 6.42 Å². The van der Waals surface area contributed by atoms with Crippen molar-refractivity contribution in [1.82, 2.24) is 0 Å². The molecule has 6 heteroatoms. The molecule has 0 aromatic rings. The Labute approximate surface area is 89.6 Å². The Balaban J connectivity index is 0. The van der Waals surface area contributed by atoms with Crippen molar-refractivity contribution < 1.29 is 14.3 Å². The first kappa shape index (κ1) is 15.7. The Morgan fingerprint density at radius 2 is 1.79 bits per heavy atom. The number of carbonyl (C=O) groups excluding carboxylic acids is 2. The number of ether oxygens (including phenoxy) is 1. The van der Waals surface area contributed by atoms with Crippen LogP contribution in [0.25, 0.3) is 0 Å². The fourth-order valence-corrected chi connectivity index (χ4v) is 0.678. The van der Waals surface area contributed by atoms with Crippen LogP contribution in [-0.2, 0) is 14.3 Å². The molecule has 0 radical (unpaired) electrons. The molecular formula is C8H17ClN2O3. The molecule has 14 heavy (non-hydrogen) atoms. The Morgan fingerprint density at radius 3 is 2.07 bits per heavy atom. The second-order valence-electron chi connectivity index (χ2n) is 3.81. The summed E-state index contributed by atoms with van der Waals surface area (Å²) in [4.78, 5) is 21.6. The van der Waals surface area contributed by atoms with Crippen molar-refractivity contribution in [1.29, 1.82) is 0 Å². The van der Waals surface area contributed by atoms with Gasteiger partial charge in [-0.25, -0.2) is 0 Å². The van der Waals surface area contributed by atoms with Crippen LogP contribution in [0.4, 0.5) is 0 Å². The van der Waals surface area contributed by atoms with E-state index in [9.17, 15) is 9.59 Å². The van der Waals surface area contributed by atoms with Crippen LogP contribution in [0.1, 0.15) is 27.2 Å².